The summed E-state index contributed by atoms with van der Waals surface area (Å²) in [7, 11) is 0. The maximum absolute atomic E-state index is 6.27. The first-order valence-electron chi connectivity index (χ1n) is 30.4. The zero-order valence-electron chi connectivity index (χ0n) is 54.5. The standard InChI is InChI=1S/2C13H27NO.C13H27N.C12H25NO.C12H25NS/c1-9(2)13(10(3)4)14(11(5)6)12(7)8-15-13;1-9(2)13(10(3)4)14(11(5)6)8-12(7)15-13;1-10(2)13(11(3)4)8-7-9-14(13)12(5)6;2*1-9(2)12(10(3)4)13(11(5)6)7-8-14-12/h2*9-12H,8H2,1-7H3;10-12H,7-9H2,1-6H3;2*9-11H,7-8H2,1-6H3. The fourth-order valence-electron chi connectivity index (χ4n) is 15.6. The maximum Gasteiger partial charge on any atom is 0.127 e. The summed E-state index contributed by atoms with van der Waals surface area (Å²) in [6, 6.07) is 3.58. The summed E-state index contributed by atoms with van der Waals surface area (Å²) in [6.07, 6.45) is 3.13. The molecule has 0 aromatic heterocycles. The number of rotatable bonds is 15. The lowest BCUT2D eigenvalue weighted by Gasteiger charge is -2.47. The van der Waals surface area contributed by atoms with Crippen molar-refractivity contribution >= 4 is 11.8 Å². The first kappa shape index (κ1) is 70.0. The first-order chi connectivity index (χ1) is 32.9. The zero-order valence-corrected chi connectivity index (χ0v) is 55.4. The molecule has 5 heterocycles. The Bertz CT molecular complexity index is 1330. The van der Waals surface area contributed by atoms with Crippen LogP contribution >= 0.6 is 11.8 Å². The van der Waals surface area contributed by atoms with Gasteiger partial charge in [0.1, 0.15) is 17.2 Å². The molecule has 0 spiro atoms. The van der Waals surface area contributed by atoms with Gasteiger partial charge >= 0.3 is 0 Å². The van der Waals surface area contributed by atoms with E-state index in [2.05, 4.69) is 258 Å². The molecule has 5 saturated heterocycles. The van der Waals surface area contributed by atoms with Crippen molar-refractivity contribution in [1.29, 1.82) is 0 Å². The van der Waals surface area contributed by atoms with E-state index < -0.39 is 0 Å². The Labute approximate surface area is 457 Å². The third kappa shape index (κ3) is 14.8. The molecule has 72 heavy (non-hydrogen) atoms. The highest BCUT2D eigenvalue weighted by Crippen LogP contribution is 2.49. The predicted molar refractivity (Wildman–Crippen MR) is 320 cm³/mol. The molecule has 5 aliphatic heterocycles. The summed E-state index contributed by atoms with van der Waals surface area (Å²) in [5.41, 5.74) is 0.309. The fraction of sp³-hybridized carbons (Fsp3) is 1.00. The van der Waals surface area contributed by atoms with Crippen molar-refractivity contribution in [2.75, 3.05) is 45.1 Å². The van der Waals surface area contributed by atoms with Gasteiger partial charge in [0.15, 0.2) is 0 Å². The number of hydrogen-bond acceptors (Lipinski definition) is 9. The van der Waals surface area contributed by atoms with Crippen molar-refractivity contribution in [2.24, 2.45) is 59.2 Å². The highest BCUT2D eigenvalue weighted by molar-refractivity contribution is 8.00. The van der Waals surface area contributed by atoms with Crippen LogP contribution in [0, 0.1) is 59.2 Å². The molecule has 0 aromatic carbocycles. The van der Waals surface area contributed by atoms with Crippen molar-refractivity contribution in [3.63, 3.8) is 0 Å². The number of hydrogen-bond donors (Lipinski definition) is 0. The van der Waals surface area contributed by atoms with E-state index in [9.17, 15) is 0 Å². The second-order valence-corrected chi connectivity index (χ2v) is 28.9. The Hall–Kier alpha value is 0.0300. The lowest BCUT2D eigenvalue weighted by molar-refractivity contribution is -0.171. The normalized spacial score (nSPS) is 24.7. The first-order valence-corrected chi connectivity index (χ1v) is 31.4. The van der Waals surface area contributed by atoms with Gasteiger partial charge in [-0.05, 0) is 162 Å². The summed E-state index contributed by atoms with van der Waals surface area (Å²) >= 11 is 2.17. The fourth-order valence-corrected chi connectivity index (χ4v) is 17.4. The van der Waals surface area contributed by atoms with Crippen molar-refractivity contribution in [1.82, 2.24) is 24.5 Å². The van der Waals surface area contributed by atoms with E-state index in [1.807, 2.05) is 0 Å². The molecule has 0 radical (unpaired) electrons. The molecule has 5 aliphatic rings. The average molecular weight is 1040 g/mol. The van der Waals surface area contributed by atoms with E-state index >= 15 is 0 Å². The SMILES string of the molecule is CC(C)N1C(C)COC1(C(C)C)C(C)C.CC(C)N1CCCC1(C(C)C)C(C)C.CC(C)N1CCOC1(C(C)C)C(C)C.CC(C)N1CCSC1(C(C)C)C(C)C.CC1CN(C(C)C)C(C(C)C)(C(C)C)O1. The molecule has 8 nitrogen and oxygen atoms in total. The van der Waals surface area contributed by atoms with Gasteiger partial charge in [0.05, 0.1) is 24.2 Å². The van der Waals surface area contributed by atoms with Crippen LogP contribution in [0.3, 0.4) is 0 Å². The van der Waals surface area contributed by atoms with Gasteiger partial charge in [-0.25, -0.2) is 0 Å². The van der Waals surface area contributed by atoms with Crippen LogP contribution in [0.4, 0.5) is 0 Å². The summed E-state index contributed by atoms with van der Waals surface area (Å²) in [5, 5.41) is 0. The van der Waals surface area contributed by atoms with Gasteiger partial charge in [-0.3, -0.25) is 24.5 Å². The molecular weight excluding hydrogens is 907 g/mol. The molecule has 5 fully saturated rings. The Morgan fingerprint density at radius 1 is 0.403 bits per heavy atom. The molecule has 5 rings (SSSR count). The summed E-state index contributed by atoms with van der Waals surface area (Å²) < 4.78 is 18.5. The molecule has 0 bridgehead atoms. The maximum atomic E-state index is 6.27. The second-order valence-electron chi connectivity index (χ2n) is 27.5. The molecule has 0 aromatic rings. The van der Waals surface area contributed by atoms with E-state index in [0.29, 0.717) is 88.3 Å². The van der Waals surface area contributed by atoms with Crippen LogP contribution < -0.4 is 0 Å². The van der Waals surface area contributed by atoms with Crippen LogP contribution in [-0.2, 0) is 14.2 Å². The zero-order chi connectivity index (χ0) is 56.4. The van der Waals surface area contributed by atoms with Gasteiger partial charge in [0.2, 0.25) is 0 Å². The van der Waals surface area contributed by atoms with E-state index in [-0.39, 0.29) is 17.2 Å². The minimum atomic E-state index is -0.0619. The molecule has 0 amide bonds. The molecule has 0 N–H and O–H groups in total. The van der Waals surface area contributed by atoms with Crippen LogP contribution in [0.25, 0.3) is 0 Å². The van der Waals surface area contributed by atoms with Crippen molar-refractivity contribution < 1.29 is 14.2 Å². The minimum absolute atomic E-state index is 0.0336. The van der Waals surface area contributed by atoms with Gasteiger partial charge in [-0.1, -0.05) is 138 Å². The van der Waals surface area contributed by atoms with Crippen molar-refractivity contribution in [3.05, 3.63) is 0 Å². The molecule has 2 atom stereocenters. The monoisotopic (exact) mass is 1040 g/mol. The largest absolute Gasteiger partial charge is 0.359 e. The van der Waals surface area contributed by atoms with Gasteiger partial charge in [0.25, 0.3) is 0 Å². The van der Waals surface area contributed by atoms with Crippen LogP contribution in [0.1, 0.15) is 234 Å². The molecule has 2 unspecified atom stereocenters. The van der Waals surface area contributed by atoms with Crippen LogP contribution in [0.15, 0.2) is 0 Å². The Morgan fingerprint density at radius 2 is 0.819 bits per heavy atom. The predicted octanol–water partition coefficient (Wildman–Crippen LogP) is 16.0. The Balaban J connectivity index is 0.000000450. The van der Waals surface area contributed by atoms with E-state index in [1.165, 1.54) is 31.7 Å². The van der Waals surface area contributed by atoms with Gasteiger partial charge in [0, 0.05) is 67.2 Å². The van der Waals surface area contributed by atoms with Crippen LogP contribution in [0.5, 0.6) is 0 Å². The summed E-state index contributed by atoms with van der Waals surface area (Å²) in [5.74, 6) is 7.54. The number of thioether (sulfide) groups is 1. The molecule has 9 heteroatoms. The van der Waals surface area contributed by atoms with Crippen molar-refractivity contribution in [2.45, 2.75) is 304 Å². The second kappa shape index (κ2) is 29.3. The topological polar surface area (TPSA) is 43.9 Å². The smallest absolute Gasteiger partial charge is 0.127 e. The quantitative estimate of drug-likeness (QED) is 0.160. The third-order valence-corrected chi connectivity index (χ3v) is 20.2. The van der Waals surface area contributed by atoms with Gasteiger partial charge < -0.3 is 14.2 Å². The van der Waals surface area contributed by atoms with Crippen LogP contribution in [-0.4, -0.2) is 140 Å². The lowest BCUT2D eigenvalue weighted by Crippen LogP contribution is -2.57. The van der Waals surface area contributed by atoms with E-state index in [4.69, 9.17) is 14.2 Å². The Morgan fingerprint density at radius 3 is 1.10 bits per heavy atom. The third-order valence-electron chi connectivity index (χ3n) is 18.1. The summed E-state index contributed by atoms with van der Waals surface area (Å²) in [4.78, 5) is 13.4. The molecule has 0 aliphatic carbocycles. The van der Waals surface area contributed by atoms with Gasteiger partial charge in [-0.2, -0.15) is 0 Å². The molecule has 432 valence electrons. The molecular formula is C63H131N5O3S. The van der Waals surface area contributed by atoms with E-state index in [1.54, 1.807) is 0 Å². The number of nitrogens with zero attached hydrogens (tertiary/aromatic N) is 5. The average Bonchev–Trinajstić information content (AvgIpc) is 4.09. The minimum Gasteiger partial charge on any atom is -0.359 e. The highest BCUT2D eigenvalue weighted by atomic mass is 32.2. The van der Waals surface area contributed by atoms with E-state index in [0.717, 1.165) is 50.0 Å². The number of likely N-dealkylation sites (tertiary alicyclic amines) is 1. The summed E-state index contributed by atoms with van der Waals surface area (Å²) in [6.45, 7) is 80.1. The van der Waals surface area contributed by atoms with Crippen LogP contribution in [0.2, 0.25) is 0 Å². The lowest BCUT2D eigenvalue weighted by atomic mass is 9.74. The van der Waals surface area contributed by atoms with Crippen molar-refractivity contribution in [3.8, 4) is 0 Å². The van der Waals surface area contributed by atoms with Gasteiger partial charge in [-0.15, -0.1) is 11.8 Å². The highest BCUT2D eigenvalue weighted by Gasteiger charge is 2.53. The molecule has 0 saturated carbocycles. The Kier molecular flexibility index (Phi) is 28.5. The number of ether oxygens (including phenoxy) is 3.